The molecule has 0 radical (unpaired) electrons. The molecule has 1 aromatic carbocycles. The monoisotopic (exact) mass is 293 g/mol. The number of nitrogens with one attached hydrogen (secondary N) is 1. The SMILES string of the molecule is CCC(C)N(CC)CC(=O)Nc1cccc(C(N)=S)c1. The van der Waals surface area contributed by atoms with Gasteiger partial charge in [-0.1, -0.05) is 38.2 Å². The highest BCUT2D eigenvalue weighted by molar-refractivity contribution is 7.80. The number of nitrogens with two attached hydrogens (primary N) is 1. The predicted octanol–water partition coefficient (Wildman–Crippen LogP) is 2.38. The average molecular weight is 293 g/mol. The van der Waals surface area contributed by atoms with Gasteiger partial charge in [-0.3, -0.25) is 9.69 Å². The molecular formula is C15H23N3OS. The molecule has 0 fully saturated rings. The van der Waals surface area contributed by atoms with Crippen molar-refractivity contribution in [3.05, 3.63) is 29.8 Å². The Balaban J connectivity index is 2.66. The molecule has 4 nitrogen and oxygen atoms in total. The van der Waals surface area contributed by atoms with Gasteiger partial charge in [-0.25, -0.2) is 0 Å². The van der Waals surface area contributed by atoms with Crippen LogP contribution in [0.4, 0.5) is 5.69 Å². The Morgan fingerprint density at radius 1 is 1.45 bits per heavy atom. The second kappa shape index (κ2) is 7.97. The van der Waals surface area contributed by atoms with Crippen LogP contribution in [0.3, 0.4) is 0 Å². The van der Waals surface area contributed by atoms with Crippen molar-refractivity contribution in [2.24, 2.45) is 5.73 Å². The number of likely N-dealkylation sites (N-methyl/N-ethyl adjacent to an activating group) is 1. The molecule has 0 saturated heterocycles. The summed E-state index contributed by atoms with van der Waals surface area (Å²) >= 11 is 4.93. The van der Waals surface area contributed by atoms with E-state index in [-0.39, 0.29) is 5.91 Å². The lowest BCUT2D eigenvalue weighted by Crippen LogP contribution is -2.39. The van der Waals surface area contributed by atoms with E-state index < -0.39 is 0 Å². The number of amides is 1. The predicted molar refractivity (Wildman–Crippen MR) is 88.0 cm³/mol. The van der Waals surface area contributed by atoms with Gasteiger partial charge in [0.25, 0.3) is 0 Å². The smallest absolute Gasteiger partial charge is 0.238 e. The second-order valence-corrected chi connectivity index (χ2v) is 5.25. The van der Waals surface area contributed by atoms with Crippen LogP contribution in [0.1, 0.15) is 32.8 Å². The fourth-order valence-electron chi connectivity index (χ4n) is 1.97. The van der Waals surface area contributed by atoms with Crippen LogP contribution >= 0.6 is 12.2 Å². The molecule has 5 heteroatoms. The zero-order chi connectivity index (χ0) is 15.1. The van der Waals surface area contributed by atoms with Crippen LogP contribution < -0.4 is 11.1 Å². The number of carbonyl (C=O) groups is 1. The topological polar surface area (TPSA) is 58.4 Å². The number of hydrogen-bond donors (Lipinski definition) is 2. The normalized spacial score (nSPS) is 12.2. The first-order chi connectivity index (χ1) is 9.47. The third-order valence-corrected chi connectivity index (χ3v) is 3.63. The minimum Gasteiger partial charge on any atom is -0.389 e. The molecule has 1 rings (SSSR count). The summed E-state index contributed by atoms with van der Waals surface area (Å²) in [5.41, 5.74) is 7.06. The fourth-order valence-corrected chi connectivity index (χ4v) is 2.10. The maximum atomic E-state index is 12.1. The molecule has 0 aliphatic heterocycles. The van der Waals surface area contributed by atoms with Crippen LogP contribution in [0.15, 0.2) is 24.3 Å². The average Bonchev–Trinajstić information content (AvgIpc) is 2.44. The van der Waals surface area contributed by atoms with Gasteiger partial charge in [-0.2, -0.15) is 0 Å². The first-order valence-electron chi connectivity index (χ1n) is 6.91. The van der Waals surface area contributed by atoms with Crippen LogP contribution in [0, 0.1) is 0 Å². The lowest BCUT2D eigenvalue weighted by molar-refractivity contribution is -0.117. The molecule has 0 aliphatic rings. The van der Waals surface area contributed by atoms with Crippen molar-refractivity contribution in [3.63, 3.8) is 0 Å². The summed E-state index contributed by atoms with van der Waals surface area (Å²) in [6.07, 6.45) is 1.03. The first-order valence-corrected chi connectivity index (χ1v) is 7.32. The van der Waals surface area contributed by atoms with Gasteiger partial charge in [0.1, 0.15) is 4.99 Å². The third kappa shape index (κ3) is 4.90. The molecule has 1 aromatic rings. The Hall–Kier alpha value is -1.46. The maximum absolute atomic E-state index is 12.1. The van der Waals surface area contributed by atoms with Crippen LogP contribution in [0.25, 0.3) is 0 Å². The standard InChI is InChI=1S/C15H23N3OS/c1-4-11(3)18(5-2)10-14(19)17-13-8-6-7-12(9-13)15(16)20/h6-9,11H,4-5,10H2,1-3H3,(H2,16,20)(H,17,19). The highest BCUT2D eigenvalue weighted by Gasteiger charge is 2.14. The molecule has 1 atom stereocenters. The number of nitrogens with zero attached hydrogens (tertiary/aromatic N) is 1. The van der Waals surface area contributed by atoms with Crippen molar-refractivity contribution in [2.45, 2.75) is 33.2 Å². The van der Waals surface area contributed by atoms with Crippen LogP contribution in [0.2, 0.25) is 0 Å². The highest BCUT2D eigenvalue weighted by atomic mass is 32.1. The summed E-state index contributed by atoms with van der Waals surface area (Å²) in [7, 11) is 0. The van der Waals surface area contributed by atoms with E-state index in [0.29, 0.717) is 17.6 Å². The Kier molecular flexibility index (Phi) is 6.61. The van der Waals surface area contributed by atoms with Crippen molar-refractivity contribution >= 4 is 28.8 Å². The van der Waals surface area contributed by atoms with E-state index in [1.165, 1.54) is 0 Å². The Labute approximate surface area is 126 Å². The minimum atomic E-state index is -0.0211. The van der Waals surface area contributed by atoms with Gasteiger partial charge in [0.15, 0.2) is 0 Å². The molecular weight excluding hydrogens is 270 g/mol. The summed E-state index contributed by atoms with van der Waals surface area (Å²) in [6, 6.07) is 7.68. The Morgan fingerprint density at radius 3 is 2.70 bits per heavy atom. The van der Waals surface area contributed by atoms with Crippen molar-refractivity contribution in [1.82, 2.24) is 4.90 Å². The van der Waals surface area contributed by atoms with Gasteiger partial charge in [0.2, 0.25) is 5.91 Å². The van der Waals surface area contributed by atoms with Crippen molar-refractivity contribution < 1.29 is 4.79 Å². The molecule has 0 aliphatic carbocycles. The number of anilines is 1. The Bertz CT molecular complexity index is 476. The molecule has 3 N–H and O–H groups in total. The molecule has 1 amide bonds. The molecule has 0 saturated carbocycles. The maximum Gasteiger partial charge on any atom is 0.238 e. The number of rotatable bonds is 7. The van der Waals surface area contributed by atoms with E-state index in [9.17, 15) is 4.79 Å². The van der Waals surface area contributed by atoms with Crippen molar-refractivity contribution in [2.75, 3.05) is 18.4 Å². The lowest BCUT2D eigenvalue weighted by atomic mass is 10.2. The highest BCUT2D eigenvalue weighted by Crippen LogP contribution is 2.11. The van der Waals surface area contributed by atoms with Crippen LogP contribution in [-0.2, 0) is 4.79 Å². The van der Waals surface area contributed by atoms with E-state index >= 15 is 0 Å². The van der Waals surface area contributed by atoms with E-state index in [0.717, 1.165) is 24.2 Å². The van der Waals surface area contributed by atoms with Gasteiger partial charge in [0, 0.05) is 17.3 Å². The van der Waals surface area contributed by atoms with Gasteiger partial charge in [-0.15, -0.1) is 0 Å². The summed E-state index contributed by atoms with van der Waals surface area (Å²) in [4.78, 5) is 14.5. The van der Waals surface area contributed by atoms with E-state index in [4.69, 9.17) is 18.0 Å². The van der Waals surface area contributed by atoms with Crippen molar-refractivity contribution in [1.29, 1.82) is 0 Å². The van der Waals surface area contributed by atoms with Crippen molar-refractivity contribution in [3.8, 4) is 0 Å². The fraction of sp³-hybridized carbons (Fsp3) is 0.467. The van der Waals surface area contributed by atoms with E-state index in [1.54, 1.807) is 6.07 Å². The summed E-state index contributed by atoms with van der Waals surface area (Å²) in [5.74, 6) is -0.0211. The summed E-state index contributed by atoms with van der Waals surface area (Å²) in [5, 5.41) is 2.89. The molecule has 20 heavy (non-hydrogen) atoms. The van der Waals surface area contributed by atoms with Crippen LogP contribution in [-0.4, -0.2) is 34.9 Å². The lowest BCUT2D eigenvalue weighted by Gasteiger charge is -2.26. The third-order valence-electron chi connectivity index (χ3n) is 3.40. The molecule has 0 heterocycles. The number of thiocarbonyl (C=S) groups is 1. The Morgan fingerprint density at radius 2 is 2.15 bits per heavy atom. The number of hydrogen-bond acceptors (Lipinski definition) is 3. The largest absolute Gasteiger partial charge is 0.389 e. The summed E-state index contributed by atoms with van der Waals surface area (Å²) < 4.78 is 0. The summed E-state index contributed by atoms with van der Waals surface area (Å²) in [6.45, 7) is 7.56. The first kappa shape index (κ1) is 16.6. The van der Waals surface area contributed by atoms with E-state index in [1.807, 2.05) is 18.2 Å². The zero-order valence-electron chi connectivity index (χ0n) is 12.3. The van der Waals surface area contributed by atoms with Crippen LogP contribution in [0.5, 0.6) is 0 Å². The minimum absolute atomic E-state index is 0.0211. The quantitative estimate of drug-likeness (QED) is 0.758. The van der Waals surface area contributed by atoms with Gasteiger partial charge in [-0.05, 0) is 32.0 Å². The molecule has 0 bridgehead atoms. The second-order valence-electron chi connectivity index (χ2n) is 4.81. The molecule has 110 valence electrons. The molecule has 0 aromatic heterocycles. The zero-order valence-corrected chi connectivity index (χ0v) is 13.2. The van der Waals surface area contributed by atoms with E-state index in [2.05, 4.69) is 31.0 Å². The van der Waals surface area contributed by atoms with Gasteiger partial charge >= 0.3 is 0 Å². The number of carbonyl (C=O) groups excluding carboxylic acids is 1. The molecule has 0 spiro atoms. The number of benzene rings is 1. The van der Waals surface area contributed by atoms with Gasteiger partial charge in [0.05, 0.1) is 6.54 Å². The van der Waals surface area contributed by atoms with Gasteiger partial charge < -0.3 is 11.1 Å². The molecule has 1 unspecified atom stereocenters.